The highest BCUT2D eigenvalue weighted by molar-refractivity contribution is 7.99. The smallest absolute Gasteiger partial charge is 0.138 e. The molecule has 3 rings (SSSR count). The Morgan fingerprint density at radius 3 is 2.81 bits per heavy atom. The lowest BCUT2D eigenvalue weighted by atomic mass is 10.3. The van der Waals surface area contributed by atoms with Crippen molar-refractivity contribution in [1.82, 2.24) is 19.7 Å². The van der Waals surface area contributed by atoms with E-state index in [9.17, 15) is 0 Å². The number of aromatic nitrogens is 3. The first-order chi connectivity index (χ1) is 10.2. The van der Waals surface area contributed by atoms with Crippen molar-refractivity contribution < 1.29 is 0 Å². The Hall–Kier alpha value is -1.85. The fourth-order valence-electron chi connectivity index (χ4n) is 2.39. The number of nitrogens with one attached hydrogen (secondary N) is 1. The van der Waals surface area contributed by atoms with Crippen molar-refractivity contribution >= 4 is 17.4 Å². The van der Waals surface area contributed by atoms with Gasteiger partial charge >= 0.3 is 0 Å². The van der Waals surface area contributed by atoms with Crippen LogP contribution in [0.15, 0.2) is 46.6 Å². The van der Waals surface area contributed by atoms with Crippen LogP contribution in [0.25, 0.3) is 5.65 Å². The Morgan fingerprint density at radius 2 is 2.05 bits per heavy atom. The van der Waals surface area contributed by atoms with E-state index in [-0.39, 0.29) is 0 Å². The van der Waals surface area contributed by atoms with Gasteiger partial charge in [0.1, 0.15) is 15.7 Å². The summed E-state index contributed by atoms with van der Waals surface area (Å²) in [5.41, 5.74) is 4.40. The van der Waals surface area contributed by atoms with E-state index in [1.54, 1.807) is 11.8 Å². The van der Waals surface area contributed by atoms with Gasteiger partial charge in [0.25, 0.3) is 0 Å². The van der Waals surface area contributed by atoms with E-state index in [0.717, 1.165) is 27.9 Å². The standard InChI is InChI=1S/C16H18N4S/c1-11-8-12(2)18-15(9-11)21-16-13(10-17-3)20-7-5-4-6-14(20)19-16/h4-9,17H,10H2,1-3H3. The number of imidazole rings is 1. The Kier molecular flexibility index (Phi) is 3.94. The van der Waals surface area contributed by atoms with Crippen LogP contribution in [0.2, 0.25) is 0 Å². The number of fused-ring (bicyclic) bond motifs is 1. The molecule has 5 heteroatoms. The summed E-state index contributed by atoms with van der Waals surface area (Å²) in [6, 6.07) is 10.2. The van der Waals surface area contributed by atoms with Crippen LogP contribution in [-0.2, 0) is 6.54 Å². The zero-order valence-electron chi connectivity index (χ0n) is 12.4. The summed E-state index contributed by atoms with van der Waals surface area (Å²) >= 11 is 1.63. The number of hydrogen-bond acceptors (Lipinski definition) is 4. The van der Waals surface area contributed by atoms with E-state index >= 15 is 0 Å². The van der Waals surface area contributed by atoms with Crippen molar-refractivity contribution in [2.75, 3.05) is 7.05 Å². The Labute approximate surface area is 128 Å². The molecule has 0 aromatic carbocycles. The molecule has 0 amide bonds. The zero-order chi connectivity index (χ0) is 14.8. The molecule has 0 fully saturated rings. The number of hydrogen-bond donors (Lipinski definition) is 1. The fourth-order valence-corrected chi connectivity index (χ4v) is 3.45. The monoisotopic (exact) mass is 298 g/mol. The average molecular weight is 298 g/mol. The molecule has 0 unspecified atom stereocenters. The highest BCUT2D eigenvalue weighted by atomic mass is 32.2. The molecule has 0 radical (unpaired) electrons. The summed E-state index contributed by atoms with van der Waals surface area (Å²) in [4.78, 5) is 9.33. The number of pyridine rings is 2. The predicted molar refractivity (Wildman–Crippen MR) is 85.8 cm³/mol. The third kappa shape index (κ3) is 2.94. The molecule has 0 aliphatic carbocycles. The predicted octanol–water partition coefficient (Wildman–Crippen LogP) is 3.22. The van der Waals surface area contributed by atoms with Gasteiger partial charge in [0.15, 0.2) is 0 Å². The van der Waals surface area contributed by atoms with E-state index in [1.165, 1.54) is 11.3 Å². The van der Waals surface area contributed by atoms with Crippen molar-refractivity contribution in [3.05, 3.63) is 53.5 Å². The lowest BCUT2D eigenvalue weighted by Gasteiger charge is -2.05. The van der Waals surface area contributed by atoms with E-state index in [1.807, 2.05) is 38.4 Å². The summed E-state index contributed by atoms with van der Waals surface area (Å²) in [7, 11) is 1.95. The minimum Gasteiger partial charge on any atom is -0.314 e. The average Bonchev–Trinajstić information content (AvgIpc) is 2.76. The van der Waals surface area contributed by atoms with Crippen LogP contribution in [0.5, 0.6) is 0 Å². The van der Waals surface area contributed by atoms with Gasteiger partial charge < -0.3 is 9.72 Å². The van der Waals surface area contributed by atoms with Crippen molar-refractivity contribution in [3.8, 4) is 0 Å². The summed E-state index contributed by atoms with van der Waals surface area (Å²) in [6.07, 6.45) is 2.05. The molecule has 0 spiro atoms. The van der Waals surface area contributed by atoms with Crippen molar-refractivity contribution in [3.63, 3.8) is 0 Å². The summed E-state index contributed by atoms with van der Waals surface area (Å²) in [6.45, 7) is 4.89. The van der Waals surface area contributed by atoms with Gasteiger partial charge in [-0.25, -0.2) is 9.97 Å². The highest BCUT2D eigenvalue weighted by Crippen LogP contribution is 2.30. The van der Waals surface area contributed by atoms with Gasteiger partial charge in [0.05, 0.1) is 5.69 Å². The van der Waals surface area contributed by atoms with E-state index in [2.05, 4.69) is 33.8 Å². The molecule has 0 saturated heterocycles. The third-order valence-corrected chi connectivity index (χ3v) is 4.15. The largest absolute Gasteiger partial charge is 0.314 e. The summed E-state index contributed by atoms with van der Waals surface area (Å²) in [5, 5.41) is 5.22. The molecule has 1 N–H and O–H groups in total. The van der Waals surface area contributed by atoms with E-state index in [0.29, 0.717) is 0 Å². The van der Waals surface area contributed by atoms with Gasteiger partial charge in [0, 0.05) is 18.4 Å². The van der Waals surface area contributed by atoms with Crippen LogP contribution in [0, 0.1) is 13.8 Å². The minimum atomic E-state index is 0.776. The molecule has 21 heavy (non-hydrogen) atoms. The van der Waals surface area contributed by atoms with E-state index in [4.69, 9.17) is 4.98 Å². The molecular formula is C16H18N4S. The van der Waals surface area contributed by atoms with Gasteiger partial charge in [0.2, 0.25) is 0 Å². The number of aryl methyl sites for hydroxylation is 2. The lowest BCUT2D eigenvalue weighted by molar-refractivity contribution is 0.763. The topological polar surface area (TPSA) is 42.2 Å². The lowest BCUT2D eigenvalue weighted by Crippen LogP contribution is -2.08. The first-order valence-corrected chi connectivity index (χ1v) is 7.73. The van der Waals surface area contributed by atoms with Gasteiger partial charge in [-0.2, -0.15) is 0 Å². The van der Waals surface area contributed by atoms with Crippen LogP contribution >= 0.6 is 11.8 Å². The number of rotatable bonds is 4. The fraction of sp³-hybridized carbons (Fsp3) is 0.250. The summed E-state index contributed by atoms with van der Waals surface area (Å²) in [5.74, 6) is 0. The normalized spacial score (nSPS) is 11.2. The molecule has 0 atom stereocenters. The second kappa shape index (κ2) is 5.87. The first-order valence-electron chi connectivity index (χ1n) is 6.91. The van der Waals surface area contributed by atoms with Crippen LogP contribution < -0.4 is 5.32 Å². The Balaban J connectivity index is 2.04. The highest BCUT2D eigenvalue weighted by Gasteiger charge is 2.13. The second-order valence-corrected chi connectivity index (χ2v) is 6.06. The maximum absolute atomic E-state index is 4.73. The quantitative estimate of drug-likeness (QED) is 0.803. The zero-order valence-corrected chi connectivity index (χ0v) is 13.2. The Bertz CT molecular complexity index is 759. The van der Waals surface area contributed by atoms with Gasteiger partial charge in [-0.05, 0) is 62.5 Å². The van der Waals surface area contributed by atoms with Crippen LogP contribution in [0.1, 0.15) is 17.0 Å². The van der Waals surface area contributed by atoms with E-state index < -0.39 is 0 Å². The van der Waals surface area contributed by atoms with Crippen LogP contribution in [0.3, 0.4) is 0 Å². The van der Waals surface area contributed by atoms with Gasteiger partial charge in [-0.3, -0.25) is 0 Å². The minimum absolute atomic E-state index is 0.776. The summed E-state index contributed by atoms with van der Waals surface area (Å²) < 4.78 is 2.13. The first kappa shape index (κ1) is 14.1. The van der Waals surface area contributed by atoms with Crippen molar-refractivity contribution in [2.24, 2.45) is 0 Å². The Morgan fingerprint density at radius 1 is 1.19 bits per heavy atom. The molecule has 0 aliphatic heterocycles. The van der Waals surface area contributed by atoms with Crippen LogP contribution in [-0.4, -0.2) is 21.4 Å². The molecule has 0 bridgehead atoms. The van der Waals surface area contributed by atoms with Crippen molar-refractivity contribution in [1.29, 1.82) is 0 Å². The molecule has 108 valence electrons. The molecule has 3 heterocycles. The van der Waals surface area contributed by atoms with Gasteiger partial charge in [-0.15, -0.1) is 0 Å². The molecule has 0 saturated carbocycles. The molecule has 4 nitrogen and oxygen atoms in total. The molecule has 3 aromatic heterocycles. The second-order valence-electron chi connectivity index (χ2n) is 5.05. The van der Waals surface area contributed by atoms with Gasteiger partial charge in [-0.1, -0.05) is 6.07 Å². The molecular weight excluding hydrogens is 280 g/mol. The maximum Gasteiger partial charge on any atom is 0.138 e. The van der Waals surface area contributed by atoms with Crippen LogP contribution in [0.4, 0.5) is 0 Å². The number of nitrogens with zero attached hydrogens (tertiary/aromatic N) is 3. The SMILES string of the molecule is CNCc1c(Sc2cc(C)cc(C)n2)nc2ccccn12. The van der Waals surface area contributed by atoms with Crippen molar-refractivity contribution in [2.45, 2.75) is 30.4 Å². The molecule has 0 aliphatic rings. The third-order valence-electron chi connectivity index (χ3n) is 3.21. The maximum atomic E-state index is 4.73. The molecule has 3 aromatic rings.